The number of carbonyl (C=O) groups excluding carboxylic acids is 4. The zero-order chi connectivity index (χ0) is 41.3. The Morgan fingerprint density at radius 3 is 1.95 bits per heavy atom. The number of nitrogens with one attached hydrogen (secondary N) is 4. The van der Waals surface area contributed by atoms with Crippen molar-refractivity contribution in [3.05, 3.63) is 65.2 Å². The minimum Gasteiger partial charge on any atom is -0.379 e. The molecule has 0 aromatic heterocycles. The van der Waals surface area contributed by atoms with Gasteiger partial charge in [-0.3, -0.25) is 14.4 Å². The highest BCUT2D eigenvalue weighted by Gasteiger charge is 2.42. The number of ether oxygens (including phenoxy) is 6. The molecule has 0 saturated carbocycles. The van der Waals surface area contributed by atoms with Crippen molar-refractivity contribution in [3.8, 4) is 11.8 Å². The summed E-state index contributed by atoms with van der Waals surface area (Å²) >= 11 is 1.90. The van der Waals surface area contributed by atoms with Gasteiger partial charge in [-0.15, -0.1) is 0 Å². The second kappa shape index (κ2) is 26.8. The van der Waals surface area contributed by atoms with Crippen molar-refractivity contribution in [2.45, 2.75) is 62.4 Å². The number of para-hydroxylation sites is 1. The molecule has 0 aliphatic carbocycles. The first kappa shape index (κ1) is 45.9. The van der Waals surface area contributed by atoms with Crippen LogP contribution < -0.4 is 26.2 Å². The van der Waals surface area contributed by atoms with Crippen molar-refractivity contribution < 1.29 is 47.6 Å². The molecule has 3 heterocycles. The Morgan fingerprint density at radius 2 is 1.24 bits per heavy atom. The van der Waals surface area contributed by atoms with Gasteiger partial charge in [0.1, 0.15) is 0 Å². The molecule has 16 heteroatoms. The molecule has 5 rings (SSSR count). The van der Waals surface area contributed by atoms with Crippen molar-refractivity contribution in [1.29, 1.82) is 0 Å². The number of hydrogen-bond donors (Lipinski definition) is 4. The number of carbonyl (C=O) groups is 4. The number of amides is 5. The molecule has 0 bridgehead atoms. The molecular formula is C43H59N5O10S. The van der Waals surface area contributed by atoms with E-state index < -0.39 is 0 Å². The van der Waals surface area contributed by atoms with Gasteiger partial charge >= 0.3 is 6.03 Å². The average molecular weight is 838 g/mol. The third-order valence-electron chi connectivity index (χ3n) is 9.82. The number of nitrogens with zero attached hydrogens (tertiary/aromatic N) is 1. The second-order valence-corrected chi connectivity index (χ2v) is 15.4. The number of anilines is 1. The monoisotopic (exact) mass is 837 g/mol. The van der Waals surface area contributed by atoms with Crippen LogP contribution in [0.5, 0.6) is 0 Å². The molecule has 5 amide bonds. The molecule has 2 saturated heterocycles. The van der Waals surface area contributed by atoms with E-state index >= 15 is 0 Å². The lowest BCUT2D eigenvalue weighted by Crippen LogP contribution is -2.36. The smallest absolute Gasteiger partial charge is 0.315 e. The number of unbranched alkanes of at least 4 members (excludes halogenated alkanes) is 1. The lowest BCUT2D eigenvalue weighted by atomic mass is 10.0. The van der Waals surface area contributed by atoms with Gasteiger partial charge in [0.05, 0.1) is 104 Å². The molecule has 15 nitrogen and oxygen atoms in total. The van der Waals surface area contributed by atoms with E-state index in [4.69, 9.17) is 28.4 Å². The molecule has 3 aliphatic rings. The molecular weight excluding hydrogens is 779 g/mol. The largest absolute Gasteiger partial charge is 0.379 e. The van der Waals surface area contributed by atoms with E-state index in [0.29, 0.717) is 97.4 Å². The van der Waals surface area contributed by atoms with Crippen LogP contribution in [0, 0.1) is 11.8 Å². The molecule has 3 aliphatic heterocycles. The van der Waals surface area contributed by atoms with Gasteiger partial charge in [0, 0.05) is 54.5 Å². The molecule has 4 N–H and O–H groups in total. The summed E-state index contributed by atoms with van der Waals surface area (Å²) in [6.07, 6.45) is 3.66. The van der Waals surface area contributed by atoms with Crippen LogP contribution >= 0.6 is 11.8 Å². The van der Waals surface area contributed by atoms with Crippen molar-refractivity contribution in [2.24, 2.45) is 0 Å². The van der Waals surface area contributed by atoms with E-state index in [9.17, 15) is 19.2 Å². The Balaban J connectivity index is 0.734. The molecule has 322 valence electrons. The lowest BCUT2D eigenvalue weighted by Gasteiger charge is -2.26. The third-order valence-corrected chi connectivity index (χ3v) is 11.3. The third kappa shape index (κ3) is 16.8. The fraction of sp³-hybridized carbons (Fsp3) is 0.581. The van der Waals surface area contributed by atoms with Crippen molar-refractivity contribution in [1.82, 2.24) is 21.3 Å². The van der Waals surface area contributed by atoms with Crippen molar-refractivity contribution >= 4 is 41.2 Å². The molecule has 0 unspecified atom stereocenters. The van der Waals surface area contributed by atoms with Gasteiger partial charge in [-0.25, -0.2) is 4.79 Å². The number of benzene rings is 2. The van der Waals surface area contributed by atoms with E-state index in [1.165, 1.54) is 0 Å². The quantitative estimate of drug-likeness (QED) is 0.0539. The van der Waals surface area contributed by atoms with Crippen LogP contribution in [0.3, 0.4) is 0 Å². The average Bonchev–Trinajstić information content (AvgIpc) is 3.79. The van der Waals surface area contributed by atoms with Crippen LogP contribution in [0.4, 0.5) is 10.5 Å². The highest BCUT2D eigenvalue weighted by atomic mass is 32.2. The summed E-state index contributed by atoms with van der Waals surface area (Å²) in [4.78, 5) is 50.9. The normalized spacial score (nSPS) is 17.7. The Hall–Kier alpha value is -4.21. The fourth-order valence-corrected chi connectivity index (χ4v) is 8.27. The van der Waals surface area contributed by atoms with Crippen molar-refractivity contribution in [3.63, 3.8) is 0 Å². The van der Waals surface area contributed by atoms with Gasteiger partial charge in [-0.2, -0.15) is 11.8 Å². The molecule has 3 atom stereocenters. The van der Waals surface area contributed by atoms with E-state index in [0.717, 1.165) is 47.4 Å². The number of rotatable bonds is 29. The van der Waals surface area contributed by atoms with Crippen LogP contribution in [0.25, 0.3) is 0 Å². The maximum Gasteiger partial charge on any atom is 0.315 e. The molecule has 0 spiro atoms. The molecule has 0 radical (unpaired) electrons. The Kier molecular flexibility index (Phi) is 20.8. The summed E-state index contributed by atoms with van der Waals surface area (Å²) < 4.78 is 33.1. The fourth-order valence-electron chi connectivity index (χ4n) is 6.73. The molecule has 2 aromatic rings. The number of thioether (sulfide) groups is 1. The van der Waals surface area contributed by atoms with Gasteiger partial charge in [-0.1, -0.05) is 48.6 Å². The highest BCUT2D eigenvalue weighted by Crippen LogP contribution is 2.33. The summed E-state index contributed by atoms with van der Waals surface area (Å²) in [5.74, 6) is 7.14. The summed E-state index contributed by atoms with van der Waals surface area (Å²) in [5, 5.41) is 12.1. The molecule has 2 aromatic carbocycles. The minimum atomic E-state index is -0.176. The first-order valence-corrected chi connectivity index (χ1v) is 21.7. The SMILES string of the molecule is O=C(CCCC[C@@H]1SC[C@@H]2NC(=O)N[C@@H]21)NCCOCCOCCOCCOCCOCCOCCC(=O)NCCC(=O)N1Cc2ccccc2C#Cc2ccccc21. The predicted molar refractivity (Wildman–Crippen MR) is 224 cm³/mol. The van der Waals surface area contributed by atoms with E-state index in [2.05, 4.69) is 33.1 Å². The summed E-state index contributed by atoms with van der Waals surface area (Å²) in [6, 6.07) is 15.8. The number of urea groups is 1. The predicted octanol–water partition coefficient (Wildman–Crippen LogP) is 2.77. The van der Waals surface area contributed by atoms with Crippen LogP contribution in [-0.4, -0.2) is 139 Å². The molecule has 2 fully saturated rings. The standard InChI is InChI=1S/C43H59N5O10S/c49-39(12-6-5-11-38-42-36(32-59-38)46-43(52)47-42)45-18-20-54-22-24-56-26-28-58-30-29-57-27-25-55-23-21-53-19-16-40(50)44-17-15-41(51)48-31-35-9-2-1-7-33(35)13-14-34-8-3-4-10-37(34)48/h1-4,7-10,36,38,42H,5-6,11-12,15-32H2,(H,44,50)(H,45,49)(H2,46,47,52)/t36-,38-,42-/m0/s1. The van der Waals surface area contributed by atoms with Gasteiger partial charge in [0.2, 0.25) is 17.7 Å². The van der Waals surface area contributed by atoms with E-state index in [-0.39, 0.29) is 61.8 Å². The van der Waals surface area contributed by atoms with Gasteiger partial charge in [0.25, 0.3) is 0 Å². The summed E-state index contributed by atoms with van der Waals surface area (Å²) in [7, 11) is 0. The Labute approximate surface area is 351 Å². The van der Waals surface area contributed by atoms with Crippen LogP contribution in [0.15, 0.2) is 48.5 Å². The van der Waals surface area contributed by atoms with Crippen molar-refractivity contribution in [2.75, 3.05) is 103 Å². The molecule has 59 heavy (non-hydrogen) atoms. The lowest BCUT2D eigenvalue weighted by molar-refractivity contribution is -0.123. The number of hydrogen-bond acceptors (Lipinski definition) is 11. The van der Waals surface area contributed by atoms with Crippen LogP contribution in [0.2, 0.25) is 0 Å². The van der Waals surface area contributed by atoms with Crippen LogP contribution in [-0.2, 0) is 49.3 Å². The van der Waals surface area contributed by atoms with Gasteiger partial charge < -0.3 is 54.6 Å². The van der Waals surface area contributed by atoms with E-state index in [1.807, 2.05) is 60.3 Å². The Morgan fingerprint density at radius 1 is 0.661 bits per heavy atom. The first-order valence-electron chi connectivity index (χ1n) is 20.7. The topological polar surface area (TPSA) is 175 Å². The maximum absolute atomic E-state index is 13.3. The zero-order valence-corrected chi connectivity index (χ0v) is 34.7. The summed E-state index contributed by atoms with van der Waals surface area (Å²) in [5.41, 5.74) is 3.45. The second-order valence-electron chi connectivity index (χ2n) is 14.1. The van der Waals surface area contributed by atoms with Gasteiger partial charge in [0.15, 0.2) is 0 Å². The minimum absolute atomic E-state index is 0.0330. The number of fused-ring (bicyclic) bond motifs is 3. The Bertz CT molecular complexity index is 1690. The van der Waals surface area contributed by atoms with Crippen LogP contribution in [0.1, 0.15) is 55.2 Å². The van der Waals surface area contributed by atoms with Gasteiger partial charge in [-0.05, 0) is 36.6 Å². The summed E-state index contributed by atoms with van der Waals surface area (Å²) in [6.45, 7) is 6.11. The maximum atomic E-state index is 13.3. The van der Waals surface area contributed by atoms with E-state index in [1.54, 1.807) is 4.90 Å². The highest BCUT2D eigenvalue weighted by molar-refractivity contribution is 8.00. The zero-order valence-electron chi connectivity index (χ0n) is 33.8. The first-order chi connectivity index (χ1) is 29.0.